The van der Waals surface area contributed by atoms with Crippen LogP contribution in [0.5, 0.6) is 5.75 Å². The number of carboxylic acid groups (broad SMARTS) is 1. The van der Waals surface area contributed by atoms with Crippen LogP contribution in [0.4, 0.5) is 10.5 Å². The van der Waals surface area contributed by atoms with Crippen molar-refractivity contribution in [2.45, 2.75) is 18.9 Å². The zero-order valence-corrected chi connectivity index (χ0v) is 9.45. The normalized spacial score (nSPS) is 14.7. The number of hydrogen-bond donors (Lipinski definition) is 2. The summed E-state index contributed by atoms with van der Waals surface area (Å²) in [6, 6.07) is 5.21. The molecule has 15 heavy (non-hydrogen) atoms. The number of ether oxygens (including phenoxy) is 1. The molecule has 1 saturated carbocycles. The highest BCUT2D eigenvalue weighted by molar-refractivity contribution is 9.10. The molecule has 0 heterocycles. The molecular formula is C10H10BrNO3. The summed E-state index contributed by atoms with van der Waals surface area (Å²) in [5.74, 6) is 0.578. The number of carbonyl (C=O) groups is 1. The second-order valence-corrected chi connectivity index (χ2v) is 4.30. The summed E-state index contributed by atoms with van der Waals surface area (Å²) in [6.07, 6.45) is 1.24. The molecule has 2 N–H and O–H groups in total. The molecule has 80 valence electrons. The van der Waals surface area contributed by atoms with E-state index in [1.165, 1.54) is 0 Å². The van der Waals surface area contributed by atoms with Gasteiger partial charge in [0.2, 0.25) is 0 Å². The van der Waals surface area contributed by atoms with E-state index in [4.69, 9.17) is 9.84 Å². The molecule has 5 heteroatoms. The smallest absolute Gasteiger partial charge is 0.409 e. The van der Waals surface area contributed by atoms with Crippen LogP contribution in [-0.2, 0) is 0 Å². The zero-order chi connectivity index (χ0) is 10.8. The van der Waals surface area contributed by atoms with E-state index in [2.05, 4.69) is 21.2 Å². The van der Waals surface area contributed by atoms with Gasteiger partial charge in [-0.3, -0.25) is 5.32 Å². The Balaban J connectivity index is 2.21. The molecule has 0 bridgehead atoms. The molecule has 1 fully saturated rings. The largest absolute Gasteiger partial charge is 0.488 e. The lowest BCUT2D eigenvalue weighted by atomic mass is 10.3. The van der Waals surface area contributed by atoms with Crippen LogP contribution in [0.1, 0.15) is 12.8 Å². The van der Waals surface area contributed by atoms with E-state index >= 15 is 0 Å². The van der Waals surface area contributed by atoms with Crippen molar-refractivity contribution in [2.24, 2.45) is 0 Å². The van der Waals surface area contributed by atoms with Crippen molar-refractivity contribution < 1.29 is 14.6 Å². The van der Waals surface area contributed by atoms with E-state index in [1.54, 1.807) is 18.2 Å². The molecule has 1 amide bonds. The Kier molecular flexibility index (Phi) is 2.81. The van der Waals surface area contributed by atoms with E-state index in [-0.39, 0.29) is 6.10 Å². The monoisotopic (exact) mass is 271 g/mol. The highest BCUT2D eigenvalue weighted by Crippen LogP contribution is 2.34. The Hall–Kier alpha value is -1.23. The maximum Gasteiger partial charge on any atom is 0.409 e. The first-order chi connectivity index (χ1) is 7.15. The highest BCUT2D eigenvalue weighted by atomic mass is 79.9. The topological polar surface area (TPSA) is 58.6 Å². The van der Waals surface area contributed by atoms with Gasteiger partial charge in [0.05, 0.1) is 11.8 Å². The van der Waals surface area contributed by atoms with E-state index in [0.717, 1.165) is 17.3 Å². The lowest BCUT2D eigenvalue weighted by Crippen LogP contribution is -2.09. The van der Waals surface area contributed by atoms with Crippen molar-refractivity contribution in [3.8, 4) is 5.75 Å². The quantitative estimate of drug-likeness (QED) is 0.888. The van der Waals surface area contributed by atoms with Crippen LogP contribution < -0.4 is 10.1 Å². The van der Waals surface area contributed by atoms with Crippen molar-refractivity contribution in [1.29, 1.82) is 0 Å². The Morgan fingerprint density at radius 2 is 2.27 bits per heavy atom. The van der Waals surface area contributed by atoms with Crippen LogP contribution in [-0.4, -0.2) is 17.3 Å². The second kappa shape index (κ2) is 4.10. The summed E-state index contributed by atoms with van der Waals surface area (Å²) in [6.45, 7) is 0. The highest BCUT2D eigenvalue weighted by Gasteiger charge is 2.24. The summed E-state index contributed by atoms with van der Waals surface area (Å²) in [4.78, 5) is 10.5. The number of halogens is 1. The Bertz CT molecular complexity index is 390. The third-order valence-corrected chi connectivity index (χ3v) is 2.50. The van der Waals surface area contributed by atoms with Crippen molar-refractivity contribution in [3.05, 3.63) is 22.7 Å². The predicted octanol–water partition coefficient (Wildman–Crippen LogP) is 3.08. The maximum absolute atomic E-state index is 10.5. The van der Waals surface area contributed by atoms with Gasteiger partial charge in [-0.25, -0.2) is 4.79 Å². The summed E-state index contributed by atoms with van der Waals surface area (Å²) >= 11 is 3.32. The van der Waals surface area contributed by atoms with E-state index < -0.39 is 6.09 Å². The van der Waals surface area contributed by atoms with Gasteiger partial charge in [0.15, 0.2) is 0 Å². The Morgan fingerprint density at radius 3 is 2.87 bits per heavy atom. The van der Waals surface area contributed by atoms with Gasteiger partial charge in [-0.1, -0.05) is 15.9 Å². The van der Waals surface area contributed by atoms with Crippen molar-refractivity contribution >= 4 is 27.7 Å². The molecule has 2 rings (SSSR count). The molecule has 0 aliphatic heterocycles. The molecule has 1 aromatic rings. The number of nitrogens with one attached hydrogen (secondary N) is 1. The van der Waals surface area contributed by atoms with Gasteiger partial charge in [-0.05, 0) is 31.0 Å². The lowest BCUT2D eigenvalue weighted by molar-refractivity contribution is 0.209. The molecule has 0 saturated heterocycles. The van der Waals surface area contributed by atoms with Crippen LogP contribution in [0.25, 0.3) is 0 Å². The third kappa shape index (κ3) is 2.86. The molecule has 0 atom stereocenters. The van der Waals surface area contributed by atoms with E-state index in [0.29, 0.717) is 11.4 Å². The van der Waals surface area contributed by atoms with E-state index in [9.17, 15) is 4.79 Å². The van der Waals surface area contributed by atoms with Crippen LogP contribution in [0.15, 0.2) is 22.7 Å². The molecule has 1 aromatic carbocycles. The summed E-state index contributed by atoms with van der Waals surface area (Å²) in [7, 11) is 0. The van der Waals surface area contributed by atoms with Gasteiger partial charge in [-0.2, -0.15) is 0 Å². The molecule has 4 nitrogen and oxygen atoms in total. The maximum atomic E-state index is 10.5. The minimum atomic E-state index is -1.09. The fourth-order valence-corrected chi connectivity index (χ4v) is 1.52. The fraction of sp³-hybridized carbons (Fsp3) is 0.300. The average molecular weight is 272 g/mol. The first-order valence-electron chi connectivity index (χ1n) is 4.61. The number of rotatable bonds is 3. The van der Waals surface area contributed by atoms with Crippen LogP contribution in [0.2, 0.25) is 0 Å². The first-order valence-corrected chi connectivity index (χ1v) is 5.40. The molecule has 1 aliphatic carbocycles. The third-order valence-electron chi connectivity index (χ3n) is 2.00. The van der Waals surface area contributed by atoms with Crippen LogP contribution >= 0.6 is 15.9 Å². The molecule has 1 aliphatic rings. The van der Waals surface area contributed by atoms with Gasteiger partial charge in [-0.15, -0.1) is 0 Å². The average Bonchev–Trinajstić information content (AvgIpc) is 2.93. The van der Waals surface area contributed by atoms with Gasteiger partial charge in [0, 0.05) is 4.47 Å². The SMILES string of the molecule is O=C(O)Nc1ccc(Br)cc1OC1CC1. The molecule has 0 aromatic heterocycles. The van der Waals surface area contributed by atoms with Gasteiger partial charge < -0.3 is 9.84 Å². The minimum absolute atomic E-state index is 0.244. The van der Waals surface area contributed by atoms with Crippen molar-refractivity contribution in [2.75, 3.05) is 5.32 Å². The predicted molar refractivity (Wildman–Crippen MR) is 59.4 cm³/mol. The number of hydrogen-bond acceptors (Lipinski definition) is 2. The summed E-state index contributed by atoms with van der Waals surface area (Å²) in [5, 5.41) is 10.9. The van der Waals surface area contributed by atoms with E-state index in [1.807, 2.05) is 0 Å². The molecule has 0 radical (unpaired) electrons. The zero-order valence-electron chi connectivity index (χ0n) is 7.87. The summed E-state index contributed by atoms with van der Waals surface area (Å²) in [5.41, 5.74) is 0.484. The molecular weight excluding hydrogens is 262 g/mol. The summed E-state index contributed by atoms with van der Waals surface area (Å²) < 4.78 is 6.45. The molecule has 0 spiro atoms. The van der Waals surface area contributed by atoms with Crippen molar-refractivity contribution in [1.82, 2.24) is 0 Å². The fourth-order valence-electron chi connectivity index (χ4n) is 1.18. The number of anilines is 1. The van der Waals surface area contributed by atoms with Crippen LogP contribution in [0.3, 0.4) is 0 Å². The van der Waals surface area contributed by atoms with Crippen LogP contribution in [0, 0.1) is 0 Å². The second-order valence-electron chi connectivity index (χ2n) is 3.39. The van der Waals surface area contributed by atoms with Gasteiger partial charge in [0.1, 0.15) is 5.75 Å². The Labute approximate surface area is 95.4 Å². The standard InChI is InChI=1S/C10H10BrNO3/c11-6-1-4-8(12-10(13)14)9(5-6)15-7-2-3-7/h1,4-5,7,12H,2-3H2,(H,13,14). The minimum Gasteiger partial charge on any atom is -0.488 e. The molecule has 0 unspecified atom stereocenters. The lowest BCUT2D eigenvalue weighted by Gasteiger charge is -2.10. The number of amides is 1. The van der Waals surface area contributed by atoms with Gasteiger partial charge >= 0.3 is 6.09 Å². The van der Waals surface area contributed by atoms with Gasteiger partial charge in [0.25, 0.3) is 0 Å². The number of benzene rings is 1. The Morgan fingerprint density at radius 1 is 1.53 bits per heavy atom. The first kappa shape index (κ1) is 10.3. The van der Waals surface area contributed by atoms with Crippen molar-refractivity contribution in [3.63, 3.8) is 0 Å².